The number of pyridine rings is 1. The quantitative estimate of drug-likeness (QED) is 0.364. The molecule has 188 valence electrons. The minimum atomic E-state index is -0.333. The Hall–Kier alpha value is -3.44. The molecule has 3 aromatic rings. The van der Waals surface area contributed by atoms with E-state index in [9.17, 15) is 14.7 Å². The fraction of sp³-hybridized carbons (Fsp3) is 0.500. The molecule has 11 heteroatoms. The van der Waals surface area contributed by atoms with E-state index in [2.05, 4.69) is 26.0 Å². The van der Waals surface area contributed by atoms with Crippen molar-refractivity contribution in [2.24, 2.45) is 5.92 Å². The summed E-state index contributed by atoms with van der Waals surface area (Å²) in [5.74, 6) is 0.622. The zero-order valence-electron chi connectivity index (χ0n) is 20.3. The van der Waals surface area contributed by atoms with Gasteiger partial charge < -0.3 is 30.4 Å². The van der Waals surface area contributed by atoms with Crippen LogP contribution in [0.5, 0.6) is 0 Å². The normalized spacial score (nSPS) is 18.9. The van der Waals surface area contributed by atoms with Crippen LogP contribution in [0.25, 0.3) is 5.65 Å². The number of aliphatic hydroxyl groups is 1. The van der Waals surface area contributed by atoms with Crippen molar-refractivity contribution in [3.05, 3.63) is 46.5 Å². The molecule has 3 heterocycles. The first-order chi connectivity index (χ1) is 16.9. The van der Waals surface area contributed by atoms with Crippen molar-refractivity contribution in [1.82, 2.24) is 24.5 Å². The predicted octanol–water partition coefficient (Wildman–Crippen LogP) is 2.16. The van der Waals surface area contributed by atoms with Crippen LogP contribution in [0.15, 0.2) is 35.4 Å². The van der Waals surface area contributed by atoms with Gasteiger partial charge in [0.15, 0.2) is 5.65 Å². The predicted molar refractivity (Wildman–Crippen MR) is 133 cm³/mol. The lowest BCUT2D eigenvalue weighted by Crippen LogP contribution is -2.30. The molecule has 1 aliphatic carbocycles. The first-order valence-corrected chi connectivity index (χ1v) is 11.9. The molecule has 4 rings (SSSR count). The van der Waals surface area contributed by atoms with Gasteiger partial charge in [0.25, 0.3) is 11.5 Å². The fourth-order valence-electron chi connectivity index (χ4n) is 4.38. The SMILES string of the molecule is CNc1cc(Nc2cccn(C3CCC(OC)CC3)c2=O)nc2c(C(=O)NC[C@H](C)CO)cnn12. The molecule has 1 atom stereocenters. The van der Waals surface area contributed by atoms with Gasteiger partial charge in [0.2, 0.25) is 0 Å². The second-order valence-electron chi connectivity index (χ2n) is 8.99. The monoisotopic (exact) mass is 483 g/mol. The maximum absolute atomic E-state index is 13.3. The first-order valence-electron chi connectivity index (χ1n) is 11.9. The number of nitrogens with one attached hydrogen (secondary N) is 3. The van der Waals surface area contributed by atoms with Gasteiger partial charge in [0.05, 0.1) is 12.3 Å². The Morgan fingerprint density at radius 3 is 2.77 bits per heavy atom. The van der Waals surface area contributed by atoms with Crippen LogP contribution < -0.4 is 21.5 Å². The highest BCUT2D eigenvalue weighted by Gasteiger charge is 2.23. The van der Waals surface area contributed by atoms with E-state index in [0.29, 0.717) is 35.1 Å². The minimum absolute atomic E-state index is 0.0202. The largest absolute Gasteiger partial charge is 0.396 e. The van der Waals surface area contributed by atoms with Crippen LogP contribution in [-0.4, -0.2) is 63.6 Å². The number of anilines is 3. The number of ether oxygens (including phenoxy) is 1. The number of hydrogen-bond acceptors (Lipinski definition) is 8. The van der Waals surface area contributed by atoms with Crippen molar-refractivity contribution in [3.63, 3.8) is 0 Å². The number of aliphatic hydroxyl groups excluding tert-OH is 1. The maximum atomic E-state index is 13.3. The van der Waals surface area contributed by atoms with E-state index in [1.54, 1.807) is 30.9 Å². The molecule has 0 aliphatic heterocycles. The molecule has 0 bridgehead atoms. The Morgan fingerprint density at radius 2 is 2.09 bits per heavy atom. The number of rotatable bonds is 9. The van der Waals surface area contributed by atoms with E-state index in [1.165, 1.54) is 10.7 Å². The third kappa shape index (κ3) is 5.30. The molecule has 11 nitrogen and oxygen atoms in total. The van der Waals surface area contributed by atoms with Crippen LogP contribution in [0.1, 0.15) is 49.0 Å². The lowest BCUT2D eigenvalue weighted by molar-refractivity contribution is 0.0580. The minimum Gasteiger partial charge on any atom is -0.396 e. The summed E-state index contributed by atoms with van der Waals surface area (Å²) in [4.78, 5) is 30.6. The molecule has 1 aliphatic rings. The summed E-state index contributed by atoms with van der Waals surface area (Å²) in [5, 5.41) is 22.5. The van der Waals surface area contributed by atoms with Crippen molar-refractivity contribution in [2.75, 3.05) is 37.9 Å². The standard InChI is InChI=1S/C24H33N7O4/c1-15(14-32)12-26-23(33)18-13-27-31-21(25-2)11-20(29-22(18)31)28-19-5-4-10-30(24(19)34)16-6-8-17(35-3)9-7-16/h4-5,10-11,13,15-17,25,32H,6-9,12,14H2,1-3H3,(H,26,33)(H,28,29)/t15-,16?,17?/m0/s1. The highest BCUT2D eigenvalue weighted by molar-refractivity contribution is 6.00. The highest BCUT2D eigenvalue weighted by Crippen LogP contribution is 2.29. The molecule has 35 heavy (non-hydrogen) atoms. The molecule has 0 spiro atoms. The zero-order valence-corrected chi connectivity index (χ0v) is 20.3. The number of aromatic nitrogens is 4. The summed E-state index contributed by atoms with van der Waals surface area (Å²) >= 11 is 0. The lowest BCUT2D eigenvalue weighted by atomic mass is 9.92. The summed E-state index contributed by atoms with van der Waals surface area (Å²) in [7, 11) is 3.48. The molecule has 1 saturated carbocycles. The Morgan fingerprint density at radius 1 is 1.31 bits per heavy atom. The Kier molecular flexibility index (Phi) is 7.67. The van der Waals surface area contributed by atoms with Crippen molar-refractivity contribution >= 4 is 28.9 Å². The fourth-order valence-corrected chi connectivity index (χ4v) is 4.38. The van der Waals surface area contributed by atoms with Gasteiger partial charge in [-0.2, -0.15) is 9.61 Å². The van der Waals surface area contributed by atoms with Crippen molar-refractivity contribution in [1.29, 1.82) is 0 Å². The number of nitrogens with zero attached hydrogens (tertiary/aromatic N) is 4. The van der Waals surface area contributed by atoms with Crippen LogP contribution in [0.2, 0.25) is 0 Å². The maximum Gasteiger partial charge on any atom is 0.274 e. The van der Waals surface area contributed by atoms with E-state index in [1.807, 2.05) is 19.2 Å². The third-order valence-corrected chi connectivity index (χ3v) is 6.50. The van der Waals surface area contributed by atoms with Crippen molar-refractivity contribution < 1.29 is 14.6 Å². The average molecular weight is 484 g/mol. The van der Waals surface area contributed by atoms with Crippen LogP contribution in [-0.2, 0) is 4.74 Å². The number of fused-ring (bicyclic) bond motifs is 1. The van der Waals surface area contributed by atoms with E-state index in [4.69, 9.17) is 4.74 Å². The molecular formula is C24H33N7O4. The molecule has 0 unspecified atom stereocenters. The first kappa shape index (κ1) is 24.7. The molecule has 0 radical (unpaired) electrons. The molecule has 1 amide bonds. The van der Waals surface area contributed by atoms with E-state index < -0.39 is 0 Å². The molecule has 3 aromatic heterocycles. The Labute approximate surface area is 203 Å². The van der Waals surface area contributed by atoms with Gasteiger partial charge in [-0.05, 0) is 43.7 Å². The van der Waals surface area contributed by atoms with Gasteiger partial charge >= 0.3 is 0 Å². The van der Waals surface area contributed by atoms with E-state index in [-0.39, 0.29) is 36.1 Å². The van der Waals surface area contributed by atoms with Gasteiger partial charge in [-0.15, -0.1) is 0 Å². The molecular weight excluding hydrogens is 450 g/mol. The number of amides is 1. The Bertz CT molecular complexity index is 1230. The van der Waals surface area contributed by atoms with Crippen LogP contribution >= 0.6 is 0 Å². The summed E-state index contributed by atoms with van der Waals surface area (Å²) < 4.78 is 8.78. The number of hydrogen-bond donors (Lipinski definition) is 4. The lowest BCUT2D eigenvalue weighted by Gasteiger charge is -2.29. The van der Waals surface area contributed by atoms with Gasteiger partial charge in [0, 0.05) is 45.6 Å². The third-order valence-electron chi connectivity index (χ3n) is 6.50. The average Bonchev–Trinajstić information content (AvgIpc) is 3.32. The highest BCUT2D eigenvalue weighted by atomic mass is 16.5. The smallest absolute Gasteiger partial charge is 0.274 e. The van der Waals surface area contributed by atoms with Gasteiger partial charge in [0.1, 0.15) is 22.9 Å². The van der Waals surface area contributed by atoms with E-state index >= 15 is 0 Å². The topological polar surface area (TPSA) is 135 Å². The van der Waals surface area contributed by atoms with Crippen LogP contribution in [0, 0.1) is 5.92 Å². The van der Waals surface area contributed by atoms with Gasteiger partial charge in [-0.1, -0.05) is 6.92 Å². The van der Waals surface area contributed by atoms with Gasteiger partial charge in [-0.3, -0.25) is 9.59 Å². The molecule has 4 N–H and O–H groups in total. The summed E-state index contributed by atoms with van der Waals surface area (Å²) in [6.45, 7) is 2.15. The molecule has 0 aromatic carbocycles. The van der Waals surface area contributed by atoms with Gasteiger partial charge in [-0.25, -0.2) is 4.98 Å². The number of carbonyl (C=O) groups excluding carboxylic acids is 1. The zero-order chi connectivity index (χ0) is 24.9. The Balaban J connectivity index is 1.61. The number of carbonyl (C=O) groups is 1. The second-order valence-corrected chi connectivity index (χ2v) is 8.99. The molecule has 1 fully saturated rings. The summed E-state index contributed by atoms with van der Waals surface area (Å²) in [6, 6.07) is 5.44. The van der Waals surface area contributed by atoms with Crippen molar-refractivity contribution in [2.45, 2.75) is 44.8 Å². The van der Waals surface area contributed by atoms with Crippen LogP contribution in [0.3, 0.4) is 0 Å². The number of methoxy groups -OCH3 is 1. The van der Waals surface area contributed by atoms with E-state index in [0.717, 1.165) is 25.7 Å². The van der Waals surface area contributed by atoms with Crippen molar-refractivity contribution in [3.8, 4) is 0 Å². The summed E-state index contributed by atoms with van der Waals surface area (Å²) in [5.41, 5.74) is 0.936. The summed E-state index contributed by atoms with van der Waals surface area (Å²) in [6.07, 6.45) is 7.17. The van der Waals surface area contributed by atoms with Crippen LogP contribution in [0.4, 0.5) is 17.3 Å². The molecule has 0 saturated heterocycles. The second kappa shape index (κ2) is 10.9.